The maximum atomic E-state index is 12.3. The van der Waals surface area contributed by atoms with Crippen LogP contribution in [0.2, 0.25) is 5.02 Å². The molecule has 1 N–H and O–H groups in total. The molecule has 0 aromatic heterocycles. The summed E-state index contributed by atoms with van der Waals surface area (Å²) in [7, 11) is 0. The van der Waals surface area contributed by atoms with Gasteiger partial charge in [0.15, 0.2) is 0 Å². The molecule has 1 fully saturated rings. The molecule has 1 amide bonds. The number of rotatable bonds is 1. The maximum absolute atomic E-state index is 12.3. The van der Waals surface area contributed by atoms with Gasteiger partial charge in [-0.1, -0.05) is 17.7 Å². The summed E-state index contributed by atoms with van der Waals surface area (Å²) in [6, 6.07) is 5.30. The van der Waals surface area contributed by atoms with Crippen LogP contribution in [0, 0.1) is 6.92 Å². The van der Waals surface area contributed by atoms with Gasteiger partial charge in [0.25, 0.3) is 5.91 Å². The number of hydrogen-bond acceptors (Lipinski definition) is 2. The van der Waals surface area contributed by atoms with Crippen molar-refractivity contribution in [2.75, 3.05) is 13.1 Å². The van der Waals surface area contributed by atoms with Crippen LogP contribution < -0.4 is 0 Å². The molecule has 1 unspecified atom stereocenters. The van der Waals surface area contributed by atoms with E-state index in [4.69, 9.17) is 11.6 Å². The lowest BCUT2D eigenvalue weighted by molar-refractivity contribution is 0.0571. The van der Waals surface area contributed by atoms with Crippen LogP contribution in [0.3, 0.4) is 0 Å². The highest BCUT2D eigenvalue weighted by Gasteiger charge is 2.34. The highest BCUT2D eigenvalue weighted by Crippen LogP contribution is 2.24. The molecule has 1 heterocycles. The van der Waals surface area contributed by atoms with Gasteiger partial charge in [0.2, 0.25) is 0 Å². The van der Waals surface area contributed by atoms with E-state index in [9.17, 15) is 9.90 Å². The lowest BCUT2D eigenvalue weighted by Crippen LogP contribution is -2.34. The quantitative estimate of drug-likeness (QED) is 0.834. The summed E-state index contributed by atoms with van der Waals surface area (Å²) >= 11 is 5.90. The van der Waals surface area contributed by atoms with E-state index in [1.165, 1.54) is 0 Å². The van der Waals surface area contributed by atoms with Gasteiger partial charge in [-0.05, 0) is 38.0 Å². The molecule has 3 nitrogen and oxygen atoms in total. The third-order valence-electron chi connectivity index (χ3n) is 3.17. The van der Waals surface area contributed by atoms with E-state index in [0.29, 0.717) is 30.1 Å². The molecular formula is C13H16ClNO2. The molecule has 1 saturated heterocycles. The predicted molar refractivity (Wildman–Crippen MR) is 67.3 cm³/mol. The van der Waals surface area contributed by atoms with E-state index in [2.05, 4.69) is 0 Å². The Labute approximate surface area is 106 Å². The number of β-amino-alcohol motifs (C(OH)–C–C–N with tert-alkyl or cyclic N) is 1. The highest BCUT2D eigenvalue weighted by atomic mass is 35.5. The van der Waals surface area contributed by atoms with Gasteiger partial charge in [-0.15, -0.1) is 0 Å². The van der Waals surface area contributed by atoms with Gasteiger partial charge < -0.3 is 10.0 Å². The fourth-order valence-corrected chi connectivity index (χ4v) is 2.29. The van der Waals surface area contributed by atoms with Gasteiger partial charge in [0.1, 0.15) is 0 Å². The second-order valence-corrected chi connectivity index (χ2v) is 5.37. The van der Waals surface area contributed by atoms with Crippen molar-refractivity contribution in [2.45, 2.75) is 25.9 Å². The monoisotopic (exact) mass is 253 g/mol. The number of likely N-dealkylation sites (tertiary alicyclic amines) is 1. The Morgan fingerprint density at radius 2 is 2.24 bits per heavy atom. The van der Waals surface area contributed by atoms with Crippen LogP contribution in [0.5, 0.6) is 0 Å². The molecule has 1 aliphatic rings. The predicted octanol–water partition coefficient (Wildman–Crippen LogP) is 2.25. The number of carbonyl (C=O) groups excluding carboxylic acids is 1. The zero-order valence-corrected chi connectivity index (χ0v) is 10.8. The number of benzene rings is 1. The third kappa shape index (κ3) is 2.61. The van der Waals surface area contributed by atoms with Crippen LogP contribution in [0.15, 0.2) is 18.2 Å². The van der Waals surface area contributed by atoms with Gasteiger partial charge in [0.05, 0.1) is 5.60 Å². The lowest BCUT2D eigenvalue weighted by atomic mass is 10.1. The standard InChI is InChI=1S/C13H16ClNO2/c1-9-3-4-10(14)7-11(9)12(16)15-6-5-13(2,17)8-15/h3-4,7,17H,5-6,8H2,1-2H3. The van der Waals surface area contributed by atoms with Crippen molar-refractivity contribution in [3.63, 3.8) is 0 Å². The van der Waals surface area contributed by atoms with Crippen molar-refractivity contribution < 1.29 is 9.90 Å². The van der Waals surface area contributed by atoms with Crippen molar-refractivity contribution in [1.82, 2.24) is 4.90 Å². The Morgan fingerprint density at radius 3 is 2.82 bits per heavy atom. The zero-order valence-electron chi connectivity index (χ0n) is 10.0. The Bertz CT molecular complexity index is 457. The second kappa shape index (κ2) is 4.31. The smallest absolute Gasteiger partial charge is 0.254 e. The molecule has 0 aliphatic carbocycles. The number of nitrogens with zero attached hydrogens (tertiary/aromatic N) is 1. The normalized spacial score (nSPS) is 24.1. The van der Waals surface area contributed by atoms with E-state index in [1.807, 2.05) is 13.0 Å². The SMILES string of the molecule is Cc1ccc(Cl)cc1C(=O)N1CCC(C)(O)C1. The van der Waals surface area contributed by atoms with Crippen molar-refractivity contribution in [3.05, 3.63) is 34.3 Å². The van der Waals surface area contributed by atoms with Gasteiger partial charge in [0, 0.05) is 23.7 Å². The van der Waals surface area contributed by atoms with Gasteiger partial charge >= 0.3 is 0 Å². The molecule has 0 saturated carbocycles. The number of aryl methyl sites for hydroxylation is 1. The van der Waals surface area contributed by atoms with Gasteiger partial charge in [-0.3, -0.25) is 4.79 Å². The Hall–Kier alpha value is -1.06. The first-order chi connectivity index (χ1) is 7.89. The molecule has 2 rings (SSSR count). The van der Waals surface area contributed by atoms with E-state index in [-0.39, 0.29) is 5.91 Å². The summed E-state index contributed by atoms with van der Waals surface area (Å²) in [5.74, 6) is -0.0530. The van der Waals surface area contributed by atoms with Crippen molar-refractivity contribution in [3.8, 4) is 0 Å². The van der Waals surface area contributed by atoms with Crippen LogP contribution in [0.4, 0.5) is 0 Å². The Kier molecular flexibility index (Phi) is 3.15. The van der Waals surface area contributed by atoms with Crippen LogP contribution in [-0.2, 0) is 0 Å². The second-order valence-electron chi connectivity index (χ2n) is 4.93. The van der Waals surface area contributed by atoms with Gasteiger partial charge in [-0.25, -0.2) is 0 Å². The molecule has 0 bridgehead atoms. The number of halogens is 1. The molecule has 17 heavy (non-hydrogen) atoms. The first-order valence-corrected chi connectivity index (χ1v) is 6.05. The maximum Gasteiger partial charge on any atom is 0.254 e. The Morgan fingerprint density at radius 1 is 1.53 bits per heavy atom. The molecule has 1 aliphatic heterocycles. The minimum absolute atomic E-state index is 0.0530. The molecule has 1 aromatic rings. The average Bonchev–Trinajstić information content (AvgIpc) is 2.61. The largest absolute Gasteiger partial charge is 0.388 e. The van der Waals surface area contributed by atoms with Gasteiger partial charge in [-0.2, -0.15) is 0 Å². The molecule has 0 radical (unpaired) electrons. The van der Waals surface area contributed by atoms with Crippen molar-refractivity contribution in [2.24, 2.45) is 0 Å². The highest BCUT2D eigenvalue weighted by molar-refractivity contribution is 6.31. The Balaban J connectivity index is 2.23. The van der Waals surface area contributed by atoms with Crippen LogP contribution in [0.1, 0.15) is 29.3 Å². The summed E-state index contributed by atoms with van der Waals surface area (Å²) in [5.41, 5.74) is 0.767. The molecule has 4 heteroatoms. The zero-order chi connectivity index (χ0) is 12.6. The minimum Gasteiger partial charge on any atom is -0.388 e. The number of hydrogen-bond donors (Lipinski definition) is 1. The molecule has 1 atom stereocenters. The fraction of sp³-hybridized carbons (Fsp3) is 0.462. The summed E-state index contributed by atoms with van der Waals surface area (Å²) in [4.78, 5) is 13.9. The first kappa shape index (κ1) is 12.4. The molecule has 92 valence electrons. The number of carbonyl (C=O) groups is 1. The number of aliphatic hydroxyl groups is 1. The summed E-state index contributed by atoms with van der Waals surface area (Å²) < 4.78 is 0. The van der Waals surface area contributed by atoms with Crippen molar-refractivity contribution in [1.29, 1.82) is 0 Å². The summed E-state index contributed by atoms with van der Waals surface area (Å²) in [6.45, 7) is 4.62. The topological polar surface area (TPSA) is 40.5 Å². The van der Waals surface area contributed by atoms with E-state index in [1.54, 1.807) is 24.0 Å². The van der Waals surface area contributed by atoms with Crippen LogP contribution in [-0.4, -0.2) is 34.6 Å². The molecule has 1 aromatic carbocycles. The molecular weight excluding hydrogens is 238 g/mol. The average molecular weight is 254 g/mol. The number of amides is 1. The summed E-state index contributed by atoms with van der Waals surface area (Å²) in [6.07, 6.45) is 0.623. The van der Waals surface area contributed by atoms with Crippen molar-refractivity contribution >= 4 is 17.5 Å². The fourth-order valence-electron chi connectivity index (χ4n) is 2.11. The minimum atomic E-state index is -0.762. The van der Waals surface area contributed by atoms with Crippen LogP contribution >= 0.6 is 11.6 Å². The summed E-state index contributed by atoms with van der Waals surface area (Å²) in [5, 5.41) is 10.4. The van der Waals surface area contributed by atoms with E-state index < -0.39 is 5.60 Å². The third-order valence-corrected chi connectivity index (χ3v) is 3.40. The van der Waals surface area contributed by atoms with E-state index in [0.717, 1.165) is 5.56 Å². The van der Waals surface area contributed by atoms with Crippen LogP contribution in [0.25, 0.3) is 0 Å². The van der Waals surface area contributed by atoms with E-state index >= 15 is 0 Å². The molecule has 0 spiro atoms. The first-order valence-electron chi connectivity index (χ1n) is 5.67. The lowest BCUT2D eigenvalue weighted by Gasteiger charge is -2.20.